The van der Waals surface area contributed by atoms with Crippen LogP contribution in [-0.2, 0) is 9.47 Å². The molecule has 2 fully saturated rings. The van der Waals surface area contributed by atoms with Gasteiger partial charge in [0.1, 0.15) is 0 Å². The lowest BCUT2D eigenvalue weighted by atomic mass is 9.70. The van der Waals surface area contributed by atoms with Crippen molar-refractivity contribution < 1.29 is 9.47 Å². The Morgan fingerprint density at radius 3 is 2.36 bits per heavy atom. The maximum absolute atomic E-state index is 6.53. The highest BCUT2D eigenvalue weighted by atomic mass is 16.5. The fraction of sp³-hybridized carbons (Fsp3) is 1.00. The van der Waals surface area contributed by atoms with Gasteiger partial charge in [0.2, 0.25) is 0 Å². The average molecular weight is 311 g/mol. The molecule has 4 unspecified atom stereocenters. The van der Waals surface area contributed by atoms with Crippen LogP contribution in [0.2, 0.25) is 0 Å². The van der Waals surface area contributed by atoms with E-state index in [9.17, 15) is 0 Å². The van der Waals surface area contributed by atoms with Gasteiger partial charge in [0.25, 0.3) is 0 Å². The summed E-state index contributed by atoms with van der Waals surface area (Å²) >= 11 is 0. The fourth-order valence-electron chi connectivity index (χ4n) is 4.21. The van der Waals surface area contributed by atoms with E-state index < -0.39 is 0 Å². The third kappa shape index (κ3) is 4.47. The van der Waals surface area contributed by atoms with E-state index in [4.69, 9.17) is 9.47 Å². The van der Waals surface area contributed by atoms with Gasteiger partial charge in [-0.05, 0) is 42.4 Å². The molecule has 0 aromatic heterocycles. The van der Waals surface area contributed by atoms with E-state index in [1.807, 2.05) is 0 Å². The zero-order valence-electron chi connectivity index (χ0n) is 15.7. The highest BCUT2D eigenvalue weighted by Gasteiger charge is 2.43. The summed E-state index contributed by atoms with van der Waals surface area (Å²) < 4.78 is 12.8. The maximum Gasteiger partial charge on any atom is 0.0634 e. The first kappa shape index (κ1) is 18.3. The van der Waals surface area contributed by atoms with Crippen molar-refractivity contribution in [2.75, 3.05) is 6.61 Å². The van der Waals surface area contributed by atoms with Crippen molar-refractivity contribution in [3.8, 4) is 0 Å². The molecule has 5 atom stereocenters. The normalized spacial score (nSPS) is 36.4. The van der Waals surface area contributed by atoms with Crippen molar-refractivity contribution in [2.24, 2.45) is 23.2 Å². The average Bonchev–Trinajstić information content (AvgIpc) is 2.47. The van der Waals surface area contributed by atoms with Crippen LogP contribution in [0.1, 0.15) is 80.1 Å². The Morgan fingerprint density at radius 2 is 1.77 bits per heavy atom. The van der Waals surface area contributed by atoms with Crippen molar-refractivity contribution in [3.05, 3.63) is 0 Å². The van der Waals surface area contributed by atoms with Crippen LogP contribution in [-0.4, -0.2) is 24.9 Å². The Balaban J connectivity index is 1.89. The van der Waals surface area contributed by atoms with Gasteiger partial charge in [-0.15, -0.1) is 0 Å². The van der Waals surface area contributed by atoms with Gasteiger partial charge >= 0.3 is 0 Å². The Labute approximate surface area is 138 Å². The molecule has 2 nitrogen and oxygen atoms in total. The van der Waals surface area contributed by atoms with Crippen molar-refractivity contribution in [2.45, 2.75) is 98.4 Å². The van der Waals surface area contributed by atoms with E-state index in [0.717, 1.165) is 30.8 Å². The van der Waals surface area contributed by atoms with Gasteiger partial charge in [-0.3, -0.25) is 0 Å². The highest BCUT2D eigenvalue weighted by Crippen LogP contribution is 2.44. The summed E-state index contributed by atoms with van der Waals surface area (Å²) in [7, 11) is 0. The number of ether oxygens (including phenoxy) is 2. The summed E-state index contributed by atoms with van der Waals surface area (Å²) in [6.45, 7) is 14.9. The van der Waals surface area contributed by atoms with E-state index in [0.29, 0.717) is 18.3 Å². The Bertz CT molecular complexity index is 329. The SMILES string of the molecule is CCC(CC)COC1CCC2C(C)C[C@@H](C(C)(C)C)OC2C1. The zero-order chi connectivity index (χ0) is 16.3. The van der Waals surface area contributed by atoms with E-state index in [1.54, 1.807) is 0 Å². The fourth-order valence-corrected chi connectivity index (χ4v) is 4.21. The molecular formula is C20H38O2. The van der Waals surface area contributed by atoms with E-state index in [-0.39, 0.29) is 5.41 Å². The first-order valence-corrected chi connectivity index (χ1v) is 9.62. The largest absolute Gasteiger partial charge is 0.378 e. The third-order valence-corrected chi connectivity index (χ3v) is 6.14. The van der Waals surface area contributed by atoms with Gasteiger partial charge in [-0.1, -0.05) is 54.4 Å². The van der Waals surface area contributed by atoms with Crippen molar-refractivity contribution in [1.29, 1.82) is 0 Å². The summed E-state index contributed by atoms with van der Waals surface area (Å²) in [5.41, 5.74) is 0.253. The van der Waals surface area contributed by atoms with E-state index >= 15 is 0 Å². The molecule has 1 saturated heterocycles. The maximum atomic E-state index is 6.53. The lowest BCUT2D eigenvalue weighted by Crippen LogP contribution is -2.49. The molecule has 0 bridgehead atoms. The summed E-state index contributed by atoms with van der Waals surface area (Å²) in [6, 6.07) is 0. The quantitative estimate of drug-likeness (QED) is 0.672. The van der Waals surface area contributed by atoms with Gasteiger partial charge in [0.05, 0.1) is 18.3 Å². The number of fused-ring (bicyclic) bond motifs is 1. The van der Waals surface area contributed by atoms with Crippen LogP contribution in [0.15, 0.2) is 0 Å². The van der Waals surface area contributed by atoms with E-state index in [1.165, 1.54) is 32.1 Å². The minimum absolute atomic E-state index is 0.253. The van der Waals surface area contributed by atoms with Gasteiger partial charge in [0.15, 0.2) is 0 Å². The molecule has 130 valence electrons. The molecule has 1 aliphatic carbocycles. The molecule has 1 aliphatic heterocycles. The molecule has 0 spiro atoms. The monoisotopic (exact) mass is 310 g/mol. The van der Waals surface area contributed by atoms with Crippen molar-refractivity contribution in [1.82, 2.24) is 0 Å². The Hall–Kier alpha value is -0.0800. The standard InChI is InChI=1S/C20H38O2/c1-7-15(8-2)13-21-16-9-10-17-14(3)11-19(20(4,5)6)22-18(17)12-16/h14-19H,7-13H2,1-6H3/t14?,16?,17?,18?,19-/m0/s1. The van der Waals surface area contributed by atoms with Crippen LogP contribution < -0.4 is 0 Å². The molecule has 1 heterocycles. The second kappa shape index (κ2) is 7.66. The Morgan fingerprint density at radius 1 is 1.09 bits per heavy atom. The van der Waals surface area contributed by atoms with Crippen LogP contribution in [0.5, 0.6) is 0 Å². The van der Waals surface area contributed by atoms with Crippen LogP contribution in [0.3, 0.4) is 0 Å². The number of hydrogen-bond acceptors (Lipinski definition) is 2. The molecular weight excluding hydrogens is 272 g/mol. The lowest BCUT2D eigenvalue weighted by molar-refractivity contribution is -0.175. The lowest BCUT2D eigenvalue weighted by Gasteiger charge is -2.48. The van der Waals surface area contributed by atoms with Crippen LogP contribution in [0.4, 0.5) is 0 Å². The van der Waals surface area contributed by atoms with Crippen molar-refractivity contribution >= 4 is 0 Å². The summed E-state index contributed by atoms with van der Waals surface area (Å²) in [5.74, 6) is 2.28. The Kier molecular flexibility index (Phi) is 6.36. The first-order chi connectivity index (χ1) is 10.3. The van der Waals surface area contributed by atoms with E-state index in [2.05, 4.69) is 41.5 Å². The molecule has 0 aromatic rings. The second-order valence-corrected chi connectivity index (χ2v) is 8.86. The number of hydrogen-bond donors (Lipinski definition) is 0. The topological polar surface area (TPSA) is 18.5 Å². The number of rotatable bonds is 5. The molecule has 2 heteroatoms. The molecule has 0 amide bonds. The van der Waals surface area contributed by atoms with Gasteiger partial charge in [0, 0.05) is 13.0 Å². The van der Waals surface area contributed by atoms with Crippen molar-refractivity contribution in [3.63, 3.8) is 0 Å². The summed E-state index contributed by atoms with van der Waals surface area (Å²) in [4.78, 5) is 0. The minimum atomic E-state index is 0.253. The molecule has 1 saturated carbocycles. The molecule has 22 heavy (non-hydrogen) atoms. The highest BCUT2D eigenvalue weighted by molar-refractivity contribution is 4.92. The second-order valence-electron chi connectivity index (χ2n) is 8.86. The first-order valence-electron chi connectivity index (χ1n) is 9.62. The van der Waals surface area contributed by atoms with Gasteiger partial charge in [-0.25, -0.2) is 0 Å². The third-order valence-electron chi connectivity index (χ3n) is 6.14. The molecule has 0 radical (unpaired) electrons. The molecule has 0 N–H and O–H groups in total. The summed E-state index contributed by atoms with van der Waals surface area (Å²) in [5, 5.41) is 0. The minimum Gasteiger partial charge on any atom is -0.378 e. The van der Waals surface area contributed by atoms with Crippen LogP contribution in [0.25, 0.3) is 0 Å². The predicted molar refractivity (Wildman–Crippen MR) is 93.1 cm³/mol. The smallest absolute Gasteiger partial charge is 0.0634 e. The summed E-state index contributed by atoms with van der Waals surface area (Å²) in [6.07, 6.45) is 8.57. The van der Waals surface area contributed by atoms with Crippen LogP contribution >= 0.6 is 0 Å². The van der Waals surface area contributed by atoms with Gasteiger partial charge < -0.3 is 9.47 Å². The van der Waals surface area contributed by atoms with Crippen LogP contribution in [0, 0.1) is 23.2 Å². The predicted octanol–water partition coefficient (Wildman–Crippen LogP) is 5.45. The molecule has 0 aromatic carbocycles. The zero-order valence-corrected chi connectivity index (χ0v) is 15.7. The molecule has 2 rings (SSSR count). The molecule has 2 aliphatic rings. The van der Waals surface area contributed by atoms with Gasteiger partial charge in [-0.2, -0.15) is 0 Å².